The van der Waals surface area contributed by atoms with Crippen molar-refractivity contribution in [3.8, 4) is 11.1 Å². The topological polar surface area (TPSA) is 61.9 Å². The van der Waals surface area contributed by atoms with E-state index in [-0.39, 0.29) is 24.9 Å². The third-order valence-corrected chi connectivity index (χ3v) is 6.66. The maximum atomic E-state index is 13.1. The Kier molecular flexibility index (Phi) is 8.05. The van der Waals surface area contributed by atoms with Crippen molar-refractivity contribution < 1.29 is 18.7 Å². The lowest BCUT2D eigenvalue weighted by molar-refractivity contribution is -0.117. The van der Waals surface area contributed by atoms with E-state index in [9.17, 15) is 14.0 Å². The molecule has 0 unspecified atom stereocenters. The van der Waals surface area contributed by atoms with Gasteiger partial charge in [0.25, 0.3) is 0 Å². The number of carbonyl (C=O) groups excluding carboxylic acids is 2. The molecule has 1 N–H and O–H groups in total. The zero-order valence-corrected chi connectivity index (χ0v) is 19.9. The van der Waals surface area contributed by atoms with Gasteiger partial charge in [-0.05, 0) is 30.2 Å². The van der Waals surface area contributed by atoms with Gasteiger partial charge in [0.2, 0.25) is 5.91 Å². The van der Waals surface area contributed by atoms with Crippen LogP contribution in [0.2, 0.25) is 0 Å². The van der Waals surface area contributed by atoms with Crippen molar-refractivity contribution in [1.82, 2.24) is 9.80 Å². The van der Waals surface area contributed by atoms with Crippen LogP contribution in [0.1, 0.15) is 22.8 Å². The van der Waals surface area contributed by atoms with Crippen LogP contribution in [0.4, 0.5) is 9.39 Å². The number of nitrogens with zero attached hydrogens (tertiary/aromatic N) is 2. The van der Waals surface area contributed by atoms with Crippen LogP contribution in [0.3, 0.4) is 0 Å². The zero-order chi connectivity index (χ0) is 23.9. The third kappa shape index (κ3) is 6.08. The number of halogens is 1. The van der Waals surface area contributed by atoms with Gasteiger partial charge < -0.3 is 10.1 Å². The van der Waals surface area contributed by atoms with Gasteiger partial charge >= 0.3 is 5.97 Å². The zero-order valence-electron chi connectivity index (χ0n) is 19.1. The van der Waals surface area contributed by atoms with Gasteiger partial charge in [-0.3, -0.25) is 14.6 Å². The molecule has 0 atom stereocenters. The van der Waals surface area contributed by atoms with Crippen molar-refractivity contribution in [1.29, 1.82) is 0 Å². The second kappa shape index (κ2) is 11.4. The molecule has 1 saturated heterocycles. The summed E-state index contributed by atoms with van der Waals surface area (Å²) in [5.41, 5.74) is 3.13. The lowest BCUT2D eigenvalue weighted by Crippen LogP contribution is -2.48. The minimum Gasteiger partial charge on any atom is -0.462 e. The first-order valence-electron chi connectivity index (χ1n) is 11.4. The number of thiophene rings is 1. The first-order valence-corrected chi connectivity index (χ1v) is 12.2. The van der Waals surface area contributed by atoms with Crippen LogP contribution < -0.4 is 5.32 Å². The average molecular weight is 482 g/mol. The molecule has 0 bridgehead atoms. The van der Waals surface area contributed by atoms with E-state index in [1.54, 1.807) is 19.1 Å². The Labute approximate surface area is 203 Å². The molecule has 0 radical (unpaired) electrons. The maximum absolute atomic E-state index is 13.1. The first-order chi connectivity index (χ1) is 16.5. The fourth-order valence-corrected chi connectivity index (χ4v) is 4.98. The number of amides is 1. The van der Waals surface area contributed by atoms with E-state index in [4.69, 9.17) is 4.74 Å². The number of anilines is 1. The van der Waals surface area contributed by atoms with E-state index < -0.39 is 5.97 Å². The number of hydrogen-bond acceptors (Lipinski definition) is 6. The Morgan fingerprint density at radius 1 is 1.00 bits per heavy atom. The molecule has 0 spiro atoms. The molecule has 178 valence electrons. The summed E-state index contributed by atoms with van der Waals surface area (Å²) in [5, 5.41) is 5.32. The van der Waals surface area contributed by atoms with E-state index in [2.05, 4.69) is 15.1 Å². The largest absolute Gasteiger partial charge is 0.462 e. The van der Waals surface area contributed by atoms with E-state index in [1.165, 1.54) is 23.5 Å². The summed E-state index contributed by atoms with van der Waals surface area (Å²) in [4.78, 5) is 29.9. The van der Waals surface area contributed by atoms with Gasteiger partial charge in [0.15, 0.2) is 0 Å². The van der Waals surface area contributed by atoms with Crippen molar-refractivity contribution in [3.63, 3.8) is 0 Å². The number of ether oxygens (including phenoxy) is 1. The minimum atomic E-state index is -0.438. The van der Waals surface area contributed by atoms with Gasteiger partial charge in [0, 0.05) is 43.7 Å². The van der Waals surface area contributed by atoms with Crippen LogP contribution >= 0.6 is 11.3 Å². The molecule has 0 saturated carbocycles. The summed E-state index contributed by atoms with van der Waals surface area (Å²) in [6.45, 7) is 6.23. The van der Waals surface area contributed by atoms with Crippen molar-refractivity contribution in [2.45, 2.75) is 13.5 Å². The smallest absolute Gasteiger partial charge is 0.341 e. The van der Waals surface area contributed by atoms with Crippen LogP contribution in [0.15, 0.2) is 60.0 Å². The number of carbonyl (C=O) groups is 2. The molecule has 2 heterocycles. The molecule has 1 fully saturated rings. The second-order valence-corrected chi connectivity index (χ2v) is 9.05. The van der Waals surface area contributed by atoms with E-state index >= 15 is 0 Å². The quantitative estimate of drug-likeness (QED) is 0.481. The van der Waals surface area contributed by atoms with Crippen LogP contribution in [-0.4, -0.2) is 61.0 Å². The van der Waals surface area contributed by atoms with Gasteiger partial charge in [0.05, 0.1) is 13.2 Å². The van der Waals surface area contributed by atoms with Crippen LogP contribution in [-0.2, 0) is 16.1 Å². The molecule has 3 aromatic rings. The summed E-state index contributed by atoms with van der Waals surface area (Å²) >= 11 is 1.33. The Morgan fingerprint density at radius 3 is 2.35 bits per heavy atom. The second-order valence-electron chi connectivity index (χ2n) is 8.17. The van der Waals surface area contributed by atoms with Gasteiger partial charge in [-0.25, -0.2) is 9.18 Å². The number of nitrogens with one attached hydrogen (secondary N) is 1. The van der Waals surface area contributed by atoms with Gasteiger partial charge in [-0.1, -0.05) is 42.5 Å². The van der Waals surface area contributed by atoms with Crippen molar-refractivity contribution in [3.05, 3.63) is 76.9 Å². The average Bonchev–Trinajstić information content (AvgIpc) is 3.26. The predicted octanol–water partition coefficient (Wildman–Crippen LogP) is 4.49. The van der Waals surface area contributed by atoms with E-state index in [1.807, 2.05) is 35.7 Å². The van der Waals surface area contributed by atoms with Crippen molar-refractivity contribution in [2.24, 2.45) is 0 Å². The fourth-order valence-electron chi connectivity index (χ4n) is 4.01. The highest BCUT2D eigenvalue weighted by molar-refractivity contribution is 7.15. The highest BCUT2D eigenvalue weighted by Crippen LogP contribution is 2.36. The summed E-state index contributed by atoms with van der Waals surface area (Å²) in [6, 6.07) is 16.2. The lowest BCUT2D eigenvalue weighted by atomic mass is 10.0. The maximum Gasteiger partial charge on any atom is 0.341 e. The molecule has 1 aliphatic heterocycles. The fraction of sp³-hybridized carbons (Fsp3) is 0.308. The molecule has 1 aromatic heterocycles. The molecule has 6 nitrogen and oxygen atoms in total. The number of benzene rings is 2. The molecule has 1 amide bonds. The number of esters is 1. The molecule has 0 aliphatic carbocycles. The lowest BCUT2D eigenvalue weighted by Gasteiger charge is -2.34. The van der Waals surface area contributed by atoms with Crippen molar-refractivity contribution in [2.75, 3.05) is 44.6 Å². The highest BCUT2D eigenvalue weighted by atomic mass is 32.1. The van der Waals surface area contributed by atoms with E-state index in [0.717, 1.165) is 49.4 Å². The van der Waals surface area contributed by atoms with E-state index in [0.29, 0.717) is 10.6 Å². The van der Waals surface area contributed by atoms with Gasteiger partial charge in [-0.15, -0.1) is 11.3 Å². The Bertz CT molecular complexity index is 1110. The van der Waals surface area contributed by atoms with Crippen LogP contribution in [0.5, 0.6) is 0 Å². The van der Waals surface area contributed by atoms with Crippen LogP contribution in [0.25, 0.3) is 11.1 Å². The van der Waals surface area contributed by atoms with Crippen molar-refractivity contribution >= 4 is 28.2 Å². The molecule has 34 heavy (non-hydrogen) atoms. The monoisotopic (exact) mass is 481 g/mol. The molecular weight excluding hydrogens is 453 g/mol. The minimum absolute atomic E-state index is 0.154. The Hall–Kier alpha value is -3.07. The molecular formula is C26H28FN3O3S. The van der Waals surface area contributed by atoms with Gasteiger partial charge in [0.1, 0.15) is 16.4 Å². The number of hydrogen-bond donors (Lipinski definition) is 1. The van der Waals surface area contributed by atoms with Gasteiger partial charge in [-0.2, -0.15) is 0 Å². The molecule has 2 aromatic carbocycles. The normalized spacial score (nSPS) is 14.6. The summed E-state index contributed by atoms with van der Waals surface area (Å²) in [5.74, 6) is -0.821. The molecule has 8 heteroatoms. The number of rotatable bonds is 8. The molecule has 4 rings (SSSR count). The standard InChI is InChI=1S/C26H28FN3O3S/c1-2-33-26(32)24-22(20-6-4-3-5-7-20)18-34-25(24)28-23(31)17-30-14-12-29(13-15-30)16-19-8-10-21(27)11-9-19/h3-11,18H,2,12-17H2,1H3,(H,28,31). The summed E-state index contributed by atoms with van der Waals surface area (Å²) in [6.07, 6.45) is 0. The summed E-state index contributed by atoms with van der Waals surface area (Å²) < 4.78 is 18.4. The molecule has 1 aliphatic rings. The first kappa shape index (κ1) is 24.1. The summed E-state index contributed by atoms with van der Waals surface area (Å²) in [7, 11) is 0. The number of piperazine rings is 1. The highest BCUT2D eigenvalue weighted by Gasteiger charge is 2.24. The predicted molar refractivity (Wildman–Crippen MR) is 132 cm³/mol. The Balaban J connectivity index is 1.35. The SMILES string of the molecule is CCOC(=O)c1c(-c2ccccc2)csc1NC(=O)CN1CCN(Cc2ccc(F)cc2)CC1. The van der Waals surface area contributed by atoms with Crippen LogP contribution in [0, 0.1) is 5.82 Å². The Morgan fingerprint density at radius 2 is 1.68 bits per heavy atom. The third-order valence-electron chi connectivity index (χ3n) is 5.76.